The lowest BCUT2D eigenvalue weighted by atomic mass is 9.77. The summed E-state index contributed by atoms with van der Waals surface area (Å²) in [6.45, 7) is 1.80. The van der Waals surface area contributed by atoms with Crippen LogP contribution in [0.4, 0.5) is 4.39 Å². The minimum atomic E-state index is -0.504. The van der Waals surface area contributed by atoms with Crippen molar-refractivity contribution in [1.82, 2.24) is 25.1 Å². The van der Waals surface area contributed by atoms with Crippen molar-refractivity contribution in [3.8, 4) is 17.3 Å². The van der Waals surface area contributed by atoms with E-state index in [2.05, 4.69) is 20.5 Å². The fourth-order valence-electron chi connectivity index (χ4n) is 2.69. The third kappa shape index (κ3) is 2.90. The zero-order valence-corrected chi connectivity index (χ0v) is 14.8. The molecule has 2 aromatic heterocycles. The molecule has 1 aliphatic rings. The van der Waals surface area contributed by atoms with Crippen molar-refractivity contribution in [3.63, 3.8) is 0 Å². The van der Waals surface area contributed by atoms with Crippen LogP contribution >= 0.6 is 24.0 Å². The first kappa shape index (κ1) is 17.8. The molecule has 2 heterocycles. The van der Waals surface area contributed by atoms with Gasteiger partial charge >= 0.3 is 0 Å². The maximum atomic E-state index is 13.3. The van der Waals surface area contributed by atoms with Crippen LogP contribution in [0.2, 0.25) is 5.02 Å². The molecule has 25 heavy (non-hydrogen) atoms. The second kappa shape index (κ2) is 6.36. The van der Waals surface area contributed by atoms with Crippen LogP contribution in [0.5, 0.6) is 0 Å². The molecule has 3 aromatic rings. The van der Waals surface area contributed by atoms with Crippen LogP contribution in [0.3, 0.4) is 0 Å². The highest BCUT2D eigenvalue weighted by Crippen LogP contribution is 2.37. The van der Waals surface area contributed by atoms with Gasteiger partial charge in [-0.1, -0.05) is 22.0 Å². The average Bonchev–Trinajstić information content (AvgIpc) is 3.14. The highest BCUT2D eigenvalue weighted by atomic mass is 35.5. The molecule has 0 spiro atoms. The summed E-state index contributed by atoms with van der Waals surface area (Å²) in [6, 6.07) is 4.32. The fraction of sp³-hybridized carbons (Fsp3) is 0.333. The van der Waals surface area contributed by atoms with Crippen LogP contribution in [-0.2, 0) is 5.54 Å². The Hall–Kier alpha value is -2.03. The Labute approximate surface area is 153 Å². The highest BCUT2D eigenvalue weighted by Gasteiger charge is 2.39. The zero-order chi connectivity index (χ0) is 16.9. The van der Waals surface area contributed by atoms with Crippen molar-refractivity contribution >= 4 is 24.0 Å². The van der Waals surface area contributed by atoms with Crippen molar-refractivity contribution in [3.05, 3.63) is 40.6 Å². The normalized spacial score (nSPS) is 15.5. The van der Waals surface area contributed by atoms with Crippen molar-refractivity contribution in [2.24, 2.45) is 5.73 Å². The minimum absolute atomic E-state index is 0. The van der Waals surface area contributed by atoms with Crippen LogP contribution in [0.1, 0.15) is 30.8 Å². The number of rotatable bonds is 3. The van der Waals surface area contributed by atoms with Gasteiger partial charge in [0, 0.05) is 0 Å². The molecule has 2 N–H and O–H groups in total. The molecule has 1 fully saturated rings. The molecule has 0 amide bonds. The van der Waals surface area contributed by atoms with Crippen molar-refractivity contribution in [2.45, 2.75) is 31.7 Å². The number of hydrogen-bond donors (Lipinski definition) is 1. The van der Waals surface area contributed by atoms with Crippen molar-refractivity contribution < 1.29 is 8.91 Å². The molecule has 4 rings (SSSR count). The Morgan fingerprint density at radius 1 is 1.36 bits per heavy atom. The van der Waals surface area contributed by atoms with E-state index in [-0.39, 0.29) is 23.3 Å². The summed E-state index contributed by atoms with van der Waals surface area (Å²) >= 11 is 5.82. The zero-order valence-electron chi connectivity index (χ0n) is 13.2. The summed E-state index contributed by atoms with van der Waals surface area (Å²) in [6.07, 6.45) is 2.73. The van der Waals surface area contributed by atoms with Gasteiger partial charge < -0.3 is 10.3 Å². The molecule has 10 heteroatoms. The number of halogens is 3. The first-order chi connectivity index (χ1) is 11.5. The van der Waals surface area contributed by atoms with Gasteiger partial charge in [0.1, 0.15) is 5.82 Å². The van der Waals surface area contributed by atoms with Crippen LogP contribution in [0, 0.1) is 12.7 Å². The van der Waals surface area contributed by atoms with E-state index in [1.54, 1.807) is 13.0 Å². The first-order valence-electron chi connectivity index (χ1n) is 7.49. The molecule has 7 nitrogen and oxygen atoms in total. The molecule has 0 aliphatic heterocycles. The standard InChI is InChI=1S/C15H14ClFN6O.ClH/c1-8-12(13-19-14(21-24-13)15(18)5-2-6-15)20-22-23(8)9-3-4-11(17)10(16)7-9;/h3-4,7H,2,5-6,18H2,1H3;1H. The summed E-state index contributed by atoms with van der Waals surface area (Å²) < 4.78 is 20.2. The summed E-state index contributed by atoms with van der Waals surface area (Å²) in [5, 5.41) is 12.1. The number of hydrogen-bond acceptors (Lipinski definition) is 6. The van der Waals surface area contributed by atoms with Gasteiger partial charge in [-0.3, -0.25) is 0 Å². The van der Waals surface area contributed by atoms with Crippen LogP contribution in [0.25, 0.3) is 17.3 Å². The Morgan fingerprint density at radius 3 is 2.76 bits per heavy atom. The monoisotopic (exact) mass is 384 g/mol. The summed E-state index contributed by atoms with van der Waals surface area (Å²) in [4.78, 5) is 4.37. The lowest BCUT2D eigenvalue weighted by molar-refractivity contribution is 0.229. The van der Waals surface area contributed by atoms with Gasteiger partial charge in [-0.25, -0.2) is 9.07 Å². The Balaban J connectivity index is 0.00000182. The molecule has 0 bridgehead atoms. The van der Waals surface area contributed by atoms with Crippen LogP contribution < -0.4 is 5.73 Å². The fourth-order valence-corrected chi connectivity index (χ4v) is 2.87. The number of benzene rings is 1. The van der Waals surface area contributed by atoms with E-state index in [0.29, 0.717) is 22.9 Å². The van der Waals surface area contributed by atoms with E-state index in [9.17, 15) is 4.39 Å². The molecular weight excluding hydrogens is 370 g/mol. The van der Waals surface area contributed by atoms with Gasteiger partial charge in [-0.15, -0.1) is 17.5 Å². The maximum Gasteiger partial charge on any atom is 0.280 e. The molecule has 1 aliphatic carbocycles. The van der Waals surface area contributed by atoms with Gasteiger partial charge in [0.25, 0.3) is 5.89 Å². The molecule has 0 atom stereocenters. The smallest absolute Gasteiger partial charge is 0.280 e. The van der Waals surface area contributed by atoms with E-state index in [4.69, 9.17) is 21.9 Å². The SMILES string of the molecule is Cc1c(-c2nc(C3(N)CCC3)no2)nnn1-c1ccc(F)c(Cl)c1.Cl. The van der Waals surface area contributed by atoms with Crippen molar-refractivity contribution in [2.75, 3.05) is 0 Å². The first-order valence-corrected chi connectivity index (χ1v) is 7.87. The third-order valence-corrected chi connectivity index (χ3v) is 4.65. The van der Waals surface area contributed by atoms with Gasteiger partial charge in [0.05, 0.1) is 21.9 Å². The predicted octanol–water partition coefficient (Wildman–Crippen LogP) is 3.18. The Bertz CT molecular complexity index is 921. The number of nitrogens with two attached hydrogens (primary N) is 1. The minimum Gasteiger partial charge on any atom is -0.332 e. The molecule has 0 radical (unpaired) electrons. The molecular formula is C15H15Cl2FN6O. The lowest BCUT2D eigenvalue weighted by Crippen LogP contribution is -2.44. The Morgan fingerprint density at radius 2 is 2.12 bits per heavy atom. The molecule has 0 saturated heterocycles. The summed E-state index contributed by atoms with van der Waals surface area (Å²) in [5.74, 6) is 0.259. The topological polar surface area (TPSA) is 95.7 Å². The quantitative estimate of drug-likeness (QED) is 0.744. The number of nitrogens with zero attached hydrogens (tertiary/aromatic N) is 5. The summed E-state index contributed by atoms with van der Waals surface area (Å²) in [5.41, 5.74) is 7.42. The lowest BCUT2D eigenvalue weighted by Gasteiger charge is -2.34. The van der Waals surface area contributed by atoms with Gasteiger partial charge in [-0.05, 0) is 44.4 Å². The van der Waals surface area contributed by atoms with Crippen molar-refractivity contribution in [1.29, 1.82) is 0 Å². The van der Waals surface area contributed by atoms with E-state index in [0.717, 1.165) is 19.3 Å². The molecule has 1 aromatic carbocycles. The Kier molecular flexibility index (Phi) is 4.52. The summed E-state index contributed by atoms with van der Waals surface area (Å²) in [7, 11) is 0. The van der Waals surface area contributed by atoms with Gasteiger partial charge in [0.2, 0.25) is 0 Å². The molecule has 132 valence electrons. The number of aromatic nitrogens is 5. The van der Waals surface area contributed by atoms with Gasteiger partial charge in [-0.2, -0.15) is 4.98 Å². The third-order valence-electron chi connectivity index (χ3n) is 4.36. The van der Waals surface area contributed by atoms with Crippen LogP contribution in [-0.4, -0.2) is 25.1 Å². The van der Waals surface area contributed by atoms with E-state index < -0.39 is 11.4 Å². The second-order valence-corrected chi connectivity index (χ2v) is 6.37. The van der Waals surface area contributed by atoms with E-state index in [1.807, 2.05) is 0 Å². The van der Waals surface area contributed by atoms with E-state index in [1.165, 1.54) is 16.8 Å². The average molecular weight is 385 g/mol. The van der Waals surface area contributed by atoms with Crippen LogP contribution in [0.15, 0.2) is 22.7 Å². The predicted molar refractivity (Wildman–Crippen MR) is 91.3 cm³/mol. The van der Waals surface area contributed by atoms with E-state index >= 15 is 0 Å². The second-order valence-electron chi connectivity index (χ2n) is 5.97. The highest BCUT2D eigenvalue weighted by molar-refractivity contribution is 6.30. The maximum absolute atomic E-state index is 13.3. The molecule has 0 unspecified atom stereocenters. The largest absolute Gasteiger partial charge is 0.332 e. The van der Waals surface area contributed by atoms with Gasteiger partial charge in [0.15, 0.2) is 11.5 Å². The molecule has 1 saturated carbocycles.